The van der Waals surface area contributed by atoms with Crippen LogP contribution in [-0.4, -0.2) is 57.2 Å². The van der Waals surface area contributed by atoms with Crippen molar-refractivity contribution in [3.63, 3.8) is 0 Å². The number of nitrogens with zero attached hydrogens (tertiary/aromatic N) is 1. The highest BCUT2D eigenvalue weighted by atomic mass is 79.9. The molecule has 6 nitrogen and oxygen atoms in total. The Bertz CT molecular complexity index is 542. The zero-order valence-electron chi connectivity index (χ0n) is 13.1. The van der Waals surface area contributed by atoms with E-state index in [-0.39, 0.29) is 24.8 Å². The molecule has 0 atom stereocenters. The first-order valence-electron chi connectivity index (χ1n) is 6.99. The second-order valence-corrected chi connectivity index (χ2v) is 6.09. The molecule has 0 aliphatic carbocycles. The minimum atomic E-state index is -0.316. The summed E-state index contributed by atoms with van der Waals surface area (Å²) in [4.78, 5) is 25.2. The Labute approximate surface area is 149 Å². The van der Waals surface area contributed by atoms with Crippen molar-refractivity contribution in [2.75, 3.05) is 45.8 Å². The lowest BCUT2D eigenvalue weighted by molar-refractivity contribution is -0.141. The highest BCUT2D eigenvalue weighted by molar-refractivity contribution is 9.10. The molecule has 128 valence electrons. The van der Waals surface area contributed by atoms with Crippen LogP contribution >= 0.6 is 27.5 Å². The molecule has 1 rings (SSSR count). The molecule has 0 saturated heterocycles. The topological polar surface area (TPSA) is 67.9 Å². The molecule has 1 aromatic carbocycles. The number of hydrogen-bond donors (Lipinski definition) is 1. The van der Waals surface area contributed by atoms with E-state index in [1.165, 1.54) is 7.11 Å². The van der Waals surface area contributed by atoms with Gasteiger partial charge in [0.15, 0.2) is 0 Å². The van der Waals surface area contributed by atoms with Crippen LogP contribution in [0.2, 0.25) is 5.02 Å². The van der Waals surface area contributed by atoms with Crippen LogP contribution in [0.1, 0.15) is 6.42 Å². The van der Waals surface area contributed by atoms with Crippen LogP contribution in [0.3, 0.4) is 0 Å². The number of hydrogen-bond acceptors (Lipinski definition) is 5. The van der Waals surface area contributed by atoms with Gasteiger partial charge in [0.2, 0.25) is 5.91 Å². The minimum absolute atomic E-state index is 0.132. The maximum absolute atomic E-state index is 12.2. The number of anilines is 1. The average Bonchev–Trinajstić information content (AvgIpc) is 2.52. The van der Waals surface area contributed by atoms with Crippen molar-refractivity contribution >= 4 is 45.1 Å². The number of rotatable bonds is 9. The van der Waals surface area contributed by atoms with Gasteiger partial charge in [0.1, 0.15) is 0 Å². The molecule has 0 fully saturated rings. The third kappa shape index (κ3) is 7.78. The third-order valence-corrected chi connectivity index (χ3v) is 3.85. The number of methoxy groups -OCH3 is 2. The van der Waals surface area contributed by atoms with Gasteiger partial charge < -0.3 is 14.8 Å². The normalized spacial score (nSPS) is 10.7. The minimum Gasteiger partial charge on any atom is -0.469 e. The molecule has 8 heteroatoms. The zero-order valence-corrected chi connectivity index (χ0v) is 15.4. The van der Waals surface area contributed by atoms with Crippen molar-refractivity contribution in [1.82, 2.24) is 4.90 Å². The second-order valence-electron chi connectivity index (χ2n) is 4.77. The third-order valence-electron chi connectivity index (χ3n) is 3.04. The van der Waals surface area contributed by atoms with Crippen LogP contribution in [0.15, 0.2) is 22.7 Å². The van der Waals surface area contributed by atoms with Crippen LogP contribution in [0.5, 0.6) is 0 Å². The van der Waals surface area contributed by atoms with E-state index >= 15 is 0 Å². The van der Waals surface area contributed by atoms with Crippen LogP contribution < -0.4 is 5.32 Å². The molecule has 0 radical (unpaired) electrons. The molecule has 0 saturated carbocycles. The standard InChI is InChI=1S/C15H20BrClN2O4/c1-22-8-7-19(6-5-15(21)23-2)10-14(20)18-13-4-3-11(16)9-12(13)17/h3-4,9H,5-8,10H2,1-2H3,(H,18,20). The summed E-state index contributed by atoms with van der Waals surface area (Å²) in [5.41, 5.74) is 0.541. The zero-order chi connectivity index (χ0) is 17.2. The Kier molecular flexibility index (Phi) is 9.16. The smallest absolute Gasteiger partial charge is 0.306 e. The van der Waals surface area contributed by atoms with E-state index in [9.17, 15) is 9.59 Å². The number of ether oxygens (including phenoxy) is 2. The van der Waals surface area contributed by atoms with Gasteiger partial charge in [-0.05, 0) is 18.2 Å². The van der Waals surface area contributed by atoms with Gasteiger partial charge in [0.05, 0.1) is 37.4 Å². The maximum Gasteiger partial charge on any atom is 0.306 e. The van der Waals surface area contributed by atoms with Crippen LogP contribution in [0, 0.1) is 0 Å². The number of benzene rings is 1. The molecule has 0 aromatic heterocycles. The van der Waals surface area contributed by atoms with Crippen LogP contribution in [0.4, 0.5) is 5.69 Å². The Morgan fingerprint density at radius 3 is 2.65 bits per heavy atom. The summed E-state index contributed by atoms with van der Waals surface area (Å²) in [5.74, 6) is -0.529. The predicted molar refractivity (Wildman–Crippen MR) is 92.7 cm³/mol. The molecule has 0 aliphatic rings. The molecular weight excluding hydrogens is 388 g/mol. The molecule has 1 amide bonds. The van der Waals surface area contributed by atoms with Crippen molar-refractivity contribution in [1.29, 1.82) is 0 Å². The Morgan fingerprint density at radius 1 is 1.30 bits per heavy atom. The van der Waals surface area contributed by atoms with E-state index in [0.717, 1.165) is 4.47 Å². The van der Waals surface area contributed by atoms with Gasteiger partial charge in [0.25, 0.3) is 0 Å². The number of carbonyl (C=O) groups excluding carboxylic acids is 2. The average molecular weight is 408 g/mol. The van der Waals surface area contributed by atoms with Crippen molar-refractivity contribution in [3.8, 4) is 0 Å². The lowest BCUT2D eigenvalue weighted by Crippen LogP contribution is -2.37. The molecule has 0 bridgehead atoms. The fourth-order valence-electron chi connectivity index (χ4n) is 1.83. The van der Waals surface area contributed by atoms with Gasteiger partial charge in [-0.3, -0.25) is 14.5 Å². The number of esters is 1. The summed E-state index contributed by atoms with van der Waals surface area (Å²) in [5, 5.41) is 3.21. The Balaban J connectivity index is 2.58. The van der Waals surface area contributed by atoms with E-state index in [1.54, 1.807) is 25.3 Å². The van der Waals surface area contributed by atoms with Crippen molar-refractivity contribution in [2.24, 2.45) is 0 Å². The SMILES string of the molecule is COCCN(CCC(=O)OC)CC(=O)Nc1ccc(Br)cc1Cl. The number of carbonyl (C=O) groups is 2. The summed E-state index contributed by atoms with van der Waals surface area (Å²) < 4.78 is 10.5. The van der Waals surface area contributed by atoms with Crippen molar-refractivity contribution in [3.05, 3.63) is 27.7 Å². The van der Waals surface area contributed by atoms with E-state index < -0.39 is 0 Å². The first-order valence-corrected chi connectivity index (χ1v) is 8.16. The first kappa shape index (κ1) is 19.9. The highest BCUT2D eigenvalue weighted by Crippen LogP contribution is 2.25. The van der Waals surface area contributed by atoms with Gasteiger partial charge >= 0.3 is 5.97 Å². The van der Waals surface area contributed by atoms with E-state index in [0.29, 0.717) is 30.4 Å². The lowest BCUT2D eigenvalue weighted by Gasteiger charge is -2.21. The first-order chi connectivity index (χ1) is 11.0. The molecule has 0 spiro atoms. The highest BCUT2D eigenvalue weighted by Gasteiger charge is 2.14. The number of halogens is 2. The van der Waals surface area contributed by atoms with E-state index in [2.05, 4.69) is 26.0 Å². The summed E-state index contributed by atoms with van der Waals surface area (Å²) in [7, 11) is 2.92. The summed E-state index contributed by atoms with van der Waals surface area (Å²) in [6.45, 7) is 1.55. The Morgan fingerprint density at radius 2 is 2.04 bits per heavy atom. The summed E-state index contributed by atoms with van der Waals surface area (Å²) in [6.07, 6.45) is 0.215. The molecule has 23 heavy (non-hydrogen) atoms. The lowest BCUT2D eigenvalue weighted by atomic mass is 10.3. The van der Waals surface area contributed by atoms with Gasteiger partial charge in [-0.2, -0.15) is 0 Å². The summed E-state index contributed by atoms with van der Waals surface area (Å²) in [6, 6.07) is 5.22. The maximum atomic E-state index is 12.2. The fraction of sp³-hybridized carbons (Fsp3) is 0.467. The van der Waals surface area contributed by atoms with Crippen LogP contribution in [-0.2, 0) is 19.1 Å². The van der Waals surface area contributed by atoms with Crippen molar-refractivity contribution in [2.45, 2.75) is 6.42 Å². The van der Waals surface area contributed by atoms with Gasteiger partial charge in [-0.1, -0.05) is 27.5 Å². The molecule has 1 aromatic rings. The number of nitrogens with one attached hydrogen (secondary N) is 1. The van der Waals surface area contributed by atoms with Gasteiger partial charge in [0, 0.05) is 24.7 Å². The molecule has 0 heterocycles. The monoisotopic (exact) mass is 406 g/mol. The Hall–Kier alpha value is -1.15. The largest absolute Gasteiger partial charge is 0.469 e. The molecule has 1 N–H and O–H groups in total. The quantitative estimate of drug-likeness (QED) is 0.637. The van der Waals surface area contributed by atoms with Crippen molar-refractivity contribution < 1.29 is 19.1 Å². The van der Waals surface area contributed by atoms with E-state index in [4.69, 9.17) is 16.3 Å². The molecular formula is C15H20BrClN2O4. The van der Waals surface area contributed by atoms with Gasteiger partial charge in [-0.15, -0.1) is 0 Å². The van der Waals surface area contributed by atoms with Crippen LogP contribution in [0.25, 0.3) is 0 Å². The predicted octanol–water partition coefficient (Wildman–Crippen LogP) is 2.55. The van der Waals surface area contributed by atoms with E-state index in [1.807, 2.05) is 4.90 Å². The number of amides is 1. The summed E-state index contributed by atoms with van der Waals surface area (Å²) >= 11 is 9.38. The van der Waals surface area contributed by atoms with Gasteiger partial charge in [-0.25, -0.2) is 0 Å². The molecule has 0 unspecified atom stereocenters. The fourth-order valence-corrected chi connectivity index (χ4v) is 2.55. The second kappa shape index (κ2) is 10.6. The molecule has 0 aliphatic heterocycles.